The number of rotatable bonds is 4. The van der Waals surface area contributed by atoms with E-state index in [0.717, 1.165) is 23.9 Å². The lowest BCUT2D eigenvalue weighted by atomic mass is 10.2. The minimum absolute atomic E-state index is 0.128. The minimum Gasteiger partial charge on any atom is -0.478 e. The highest BCUT2D eigenvalue weighted by Gasteiger charge is 2.20. The highest BCUT2D eigenvalue weighted by Crippen LogP contribution is 2.35. The molecule has 2 aromatic rings. The van der Waals surface area contributed by atoms with E-state index in [-0.39, 0.29) is 10.7 Å². The molecular weight excluding hydrogens is 299 g/mol. The molecule has 0 spiro atoms. The van der Waals surface area contributed by atoms with Crippen molar-refractivity contribution in [3.63, 3.8) is 0 Å². The molecule has 0 amide bonds. The lowest BCUT2D eigenvalue weighted by molar-refractivity contribution is -0.388. The van der Waals surface area contributed by atoms with Gasteiger partial charge in [-0.25, -0.2) is 14.2 Å². The monoisotopic (exact) mass is 308 g/mol. The molecule has 1 heterocycles. The van der Waals surface area contributed by atoms with E-state index in [4.69, 9.17) is 5.11 Å². The van der Waals surface area contributed by atoms with Crippen molar-refractivity contribution >= 4 is 23.4 Å². The Labute approximate surface area is 122 Å². The Morgan fingerprint density at radius 3 is 2.76 bits per heavy atom. The van der Waals surface area contributed by atoms with Crippen LogP contribution in [-0.4, -0.2) is 21.0 Å². The van der Waals surface area contributed by atoms with Crippen molar-refractivity contribution in [2.75, 3.05) is 0 Å². The largest absolute Gasteiger partial charge is 0.478 e. The molecule has 0 atom stereocenters. The minimum atomic E-state index is -1.40. The first kappa shape index (κ1) is 14.9. The first-order chi connectivity index (χ1) is 9.90. The highest BCUT2D eigenvalue weighted by atomic mass is 32.2. The Balaban J connectivity index is 2.44. The molecule has 1 N–H and O–H groups in total. The van der Waals surface area contributed by atoms with Gasteiger partial charge in [-0.2, -0.15) is 0 Å². The van der Waals surface area contributed by atoms with Crippen LogP contribution < -0.4 is 0 Å². The number of pyridine rings is 1. The summed E-state index contributed by atoms with van der Waals surface area (Å²) >= 11 is 0.914. The molecule has 108 valence electrons. The molecule has 0 aliphatic carbocycles. The maximum atomic E-state index is 13.3. The first-order valence-corrected chi connectivity index (χ1v) is 6.52. The third-order valence-electron chi connectivity index (χ3n) is 2.66. The normalized spacial score (nSPS) is 10.4. The van der Waals surface area contributed by atoms with Gasteiger partial charge in [0.05, 0.1) is 10.5 Å². The first-order valence-electron chi connectivity index (χ1n) is 5.71. The lowest BCUT2D eigenvalue weighted by Crippen LogP contribution is -2.00. The quantitative estimate of drug-likeness (QED) is 0.688. The van der Waals surface area contributed by atoms with Gasteiger partial charge in [-0.05, 0) is 31.2 Å². The fourth-order valence-corrected chi connectivity index (χ4v) is 2.65. The van der Waals surface area contributed by atoms with Gasteiger partial charge in [-0.15, -0.1) is 0 Å². The summed E-state index contributed by atoms with van der Waals surface area (Å²) in [5.74, 6) is -2.26. The molecule has 0 bridgehead atoms. The Morgan fingerprint density at radius 1 is 1.43 bits per heavy atom. The number of aryl methyl sites for hydroxylation is 1. The second-order valence-corrected chi connectivity index (χ2v) is 5.15. The summed E-state index contributed by atoms with van der Waals surface area (Å²) in [5.41, 5.74) is -0.197. The standard InChI is InChI=1S/C13H9FN2O4S/c1-7-4-5-15-12(11(7)16(19)20)21-8-2-3-10(14)9(6-8)13(17)18/h2-6H,1H3,(H,17,18). The second-order valence-electron chi connectivity index (χ2n) is 4.09. The zero-order valence-corrected chi connectivity index (χ0v) is 11.6. The molecule has 1 aromatic heterocycles. The summed E-state index contributed by atoms with van der Waals surface area (Å²) in [7, 11) is 0. The summed E-state index contributed by atoms with van der Waals surface area (Å²) in [4.78, 5) is 25.7. The number of aromatic carboxylic acids is 1. The van der Waals surface area contributed by atoms with Gasteiger partial charge in [0.1, 0.15) is 5.82 Å². The van der Waals surface area contributed by atoms with Crippen molar-refractivity contribution in [2.24, 2.45) is 0 Å². The maximum Gasteiger partial charge on any atom is 0.338 e. The molecule has 0 saturated carbocycles. The van der Waals surface area contributed by atoms with Crippen LogP contribution in [0.2, 0.25) is 0 Å². The van der Waals surface area contributed by atoms with Crippen LogP contribution >= 0.6 is 11.8 Å². The molecule has 2 rings (SSSR count). The number of benzene rings is 1. The van der Waals surface area contributed by atoms with Crippen LogP contribution in [0, 0.1) is 22.9 Å². The number of halogens is 1. The Kier molecular flexibility index (Phi) is 4.18. The van der Waals surface area contributed by atoms with E-state index in [9.17, 15) is 19.3 Å². The van der Waals surface area contributed by atoms with Crippen molar-refractivity contribution in [3.8, 4) is 0 Å². The van der Waals surface area contributed by atoms with Crippen molar-refractivity contribution in [3.05, 3.63) is 57.5 Å². The van der Waals surface area contributed by atoms with Crippen molar-refractivity contribution in [1.82, 2.24) is 4.98 Å². The number of carbonyl (C=O) groups is 1. The van der Waals surface area contributed by atoms with Crippen molar-refractivity contribution in [1.29, 1.82) is 0 Å². The van der Waals surface area contributed by atoms with Gasteiger partial charge >= 0.3 is 11.7 Å². The molecular formula is C13H9FN2O4S. The molecule has 0 saturated heterocycles. The lowest BCUT2D eigenvalue weighted by Gasteiger charge is -2.05. The molecule has 6 nitrogen and oxygen atoms in total. The van der Waals surface area contributed by atoms with Gasteiger partial charge in [0.2, 0.25) is 0 Å². The number of hydrogen-bond donors (Lipinski definition) is 1. The van der Waals surface area contributed by atoms with Crippen LogP contribution in [0.25, 0.3) is 0 Å². The van der Waals surface area contributed by atoms with E-state index < -0.39 is 22.3 Å². The third-order valence-corrected chi connectivity index (χ3v) is 3.64. The summed E-state index contributed by atoms with van der Waals surface area (Å²) in [6.45, 7) is 1.58. The summed E-state index contributed by atoms with van der Waals surface area (Å²) in [5, 5.41) is 20.1. The average molecular weight is 308 g/mol. The van der Waals surface area contributed by atoms with E-state index in [1.54, 1.807) is 6.92 Å². The molecule has 21 heavy (non-hydrogen) atoms. The molecule has 0 unspecified atom stereocenters. The number of nitrogens with zero attached hydrogens (tertiary/aromatic N) is 2. The van der Waals surface area contributed by atoms with Crippen LogP contribution in [-0.2, 0) is 0 Å². The molecule has 1 aromatic carbocycles. The smallest absolute Gasteiger partial charge is 0.338 e. The van der Waals surface area contributed by atoms with E-state index in [0.29, 0.717) is 10.5 Å². The number of carboxylic acid groups (broad SMARTS) is 1. The van der Waals surface area contributed by atoms with Gasteiger partial charge in [-0.1, -0.05) is 11.8 Å². The predicted molar refractivity (Wildman–Crippen MR) is 73.1 cm³/mol. The van der Waals surface area contributed by atoms with Crippen LogP contribution in [0.3, 0.4) is 0 Å². The molecule has 0 aliphatic heterocycles. The topological polar surface area (TPSA) is 93.3 Å². The molecule has 8 heteroatoms. The van der Waals surface area contributed by atoms with Crippen LogP contribution in [0.1, 0.15) is 15.9 Å². The van der Waals surface area contributed by atoms with Gasteiger partial charge in [-0.3, -0.25) is 10.1 Å². The van der Waals surface area contributed by atoms with E-state index in [1.165, 1.54) is 18.3 Å². The average Bonchev–Trinajstić information content (AvgIpc) is 2.40. The predicted octanol–water partition coefficient (Wildman–Crippen LogP) is 3.29. The van der Waals surface area contributed by atoms with Crippen LogP contribution in [0.4, 0.5) is 10.1 Å². The zero-order valence-electron chi connectivity index (χ0n) is 10.7. The summed E-state index contributed by atoms with van der Waals surface area (Å²) < 4.78 is 13.3. The third kappa shape index (κ3) is 3.16. The molecule has 0 radical (unpaired) electrons. The van der Waals surface area contributed by atoms with Crippen LogP contribution in [0.5, 0.6) is 0 Å². The van der Waals surface area contributed by atoms with Gasteiger partial charge < -0.3 is 5.11 Å². The zero-order chi connectivity index (χ0) is 15.6. The summed E-state index contributed by atoms with van der Waals surface area (Å²) in [6, 6.07) is 4.99. The fraction of sp³-hybridized carbons (Fsp3) is 0.0769. The SMILES string of the molecule is Cc1ccnc(Sc2ccc(F)c(C(=O)O)c2)c1[N+](=O)[O-]. The van der Waals surface area contributed by atoms with E-state index in [2.05, 4.69) is 4.98 Å². The fourth-order valence-electron chi connectivity index (χ4n) is 1.67. The van der Waals surface area contributed by atoms with E-state index in [1.807, 2.05) is 0 Å². The van der Waals surface area contributed by atoms with Gasteiger partial charge in [0, 0.05) is 16.7 Å². The number of hydrogen-bond acceptors (Lipinski definition) is 5. The molecule has 0 fully saturated rings. The van der Waals surface area contributed by atoms with Gasteiger partial charge in [0.25, 0.3) is 0 Å². The Hall–Kier alpha value is -2.48. The maximum absolute atomic E-state index is 13.3. The van der Waals surface area contributed by atoms with Gasteiger partial charge in [0.15, 0.2) is 5.03 Å². The van der Waals surface area contributed by atoms with Crippen LogP contribution in [0.15, 0.2) is 40.4 Å². The second kappa shape index (κ2) is 5.88. The summed E-state index contributed by atoms with van der Waals surface area (Å²) in [6.07, 6.45) is 1.42. The Bertz CT molecular complexity index is 736. The van der Waals surface area contributed by atoms with E-state index >= 15 is 0 Å². The van der Waals surface area contributed by atoms with Crippen molar-refractivity contribution in [2.45, 2.75) is 16.8 Å². The number of carboxylic acids is 1. The number of aromatic nitrogens is 1. The Morgan fingerprint density at radius 2 is 2.14 bits per heavy atom. The highest BCUT2D eigenvalue weighted by molar-refractivity contribution is 7.99. The number of nitro groups is 1. The molecule has 0 aliphatic rings. The van der Waals surface area contributed by atoms with Crippen molar-refractivity contribution < 1.29 is 19.2 Å².